The first-order valence-electron chi connectivity index (χ1n) is 8.24. The lowest BCUT2D eigenvalue weighted by atomic mass is 10.0. The summed E-state index contributed by atoms with van der Waals surface area (Å²) in [5.41, 5.74) is 2.06. The summed E-state index contributed by atoms with van der Waals surface area (Å²) < 4.78 is 5.26. The summed E-state index contributed by atoms with van der Waals surface area (Å²) in [5, 5.41) is 18.8. The lowest BCUT2D eigenvalue weighted by Gasteiger charge is -2.25. The number of likely N-dealkylation sites (tertiary alicyclic amines) is 1. The van der Waals surface area contributed by atoms with Crippen LogP contribution in [0.25, 0.3) is 6.08 Å². The smallest absolute Gasteiger partial charge is 0.246 e. The molecule has 1 aliphatic heterocycles. The molecule has 24 heavy (non-hydrogen) atoms. The Balaban J connectivity index is 2.05. The van der Waals surface area contributed by atoms with Gasteiger partial charge in [0.2, 0.25) is 5.91 Å². The van der Waals surface area contributed by atoms with Gasteiger partial charge in [0.25, 0.3) is 0 Å². The van der Waals surface area contributed by atoms with E-state index in [1.165, 1.54) is 13.5 Å². The van der Waals surface area contributed by atoms with Gasteiger partial charge in [-0.25, -0.2) is 0 Å². The molecule has 1 heterocycles. The van der Waals surface area contributed by atoms with Crippen LogP contribution in [0.15, 0.2) is 30.4 Å². The number of rotatable bonds is 6. The molecular weight excluding hydrogens is 306 g/mol. The van der Waals surface area contributed by atoms with Crippen LogP contribution in [0.4, 0.5) is 0 Å². The Kier molecular flexibility index (Phi) is 7.03. The molecule has 0 unspecified atom stereocenters. The summed E-state index contributed by atoms with van der Waals surface area (Å²) in [6, 6.07) is 3.59. The van der Waals surface area contributed by atoms with Crippen molar-refractivity contribution in [1.29, 1.82) is 0 Å². The van der Waals surface area contributed by atoms with Gasteiger partial charge >= 0.3 is 0 Å². The van der Waals surface area contributed by atoms with E-state index in [1.807, 2.05) is 11.0 Å². The highest BCUT2D eigenvalue weighted by Gasteiger charge is 2.13. The van der Waals surface area contributed by atoms with Gasteiger partial charge in [0.05, 0.1) is 20.3 Å². The van der Waals surface area contributed by atoms with Crippen molar-refractivity contribution in [3.63, 3.8) is 0 Å². The van der Waals surface area contributed by atoms with E-state index in [0.717, 1.165) is 31.5 Å². The lowest BCUT2D eigenvalue weighted by molar-refractivity contribution is -0.126. The zero-order valence-electron chi connectivity index (χ0n) is 14.1. The third kappa shape index (κ3) is 4.69. The molecular formula is C19H25NO4. The first-order chi connectivity index (χ1) is 11.7. The number of hydrogen-bond acceptors (Lipinski definition) is 4. The number of amides is 1. The van der Waals surface area contributed by atoms with E-state index in [1.54, 1.807) is 30.4 Å². The summed E-state index contributed by atoms with van der Waals surface area (Å²) in [4.78, 5) is 13.9. The fraction of sp³-hybridized carbons (Fsp3) is 0.421. The van der Waals surface area contributed by atoms with Crippen LogP contribution in [0.1, 0.15) is 36.0 Å². The zero-order valence-corrected chi connectivity index (χ0v) is 14.1. The van der Waals surface area contributed by atoms with Crippen molar-refractivity contribution >= 4 is 12.0 Å². The highest BCUT2D eigenvalue weighted by molar-refractivity contribution is 5.88. The molecule has 5 heteroatoms. The van der Waals surface area contributed by atoms with Gasteiger partial charge in [-0.3, -0.25) is 4.79 Å². The van der Waals surface area contributed by atoms with E-state index in [2.05, 4.69) is 0 Å². The van der Waals surface area contributed by atoms with Crippen LogP contribution < -0.4 is 4.74 Å². The quantitative estimate of drug-likeness (QED) is 0.620. The molecule has 0 aromatic heterocycles. The number of piperidine rings is 1. The van der Waals surface area contributed by atoms with Crippen molar-refractivity contribution in [1.82, 2.24) is 4.90 Å². The van der Waals surface area contributed by atoms with Crippen molar-refractivity contribution in [2.24, 2.45) is 0 Å². The van der Waals surface area contributed by atoms with Crippen LogP contribution in [0, 0.1) is 0 Å². The third-order valence-electron chi connectivity index (χ3n) is 4.18. The van der Waals surface area contributed by atoms with Gasteiger partial charge in [-0.1, -0.05) is 18.2 Å². The molecule has 2 rings (SSSR count). The predicted octanol–water partition coefficient (Wildman–Crippen LogP) is 2.26. The molecule has 0 spiro atoms. The fourth-order valence-corrected chi connectivity index (χ4v) is 2.85. The Labute approximate surface area is 142 Å². The van der Waals surface area contributed by atoms with Crippen LogP contribution in [-0.4, -0.2) is 41.2 Å². The Bertz CT molecular complexity index is 591. The molecule has 1 fully saturated rings. The predicted molar refractivity (Wildman–Crippen MR) is 93.4 cm³/mol. The maximum Gasteiger partial charge on any atom is 0.246 e. The van der Waals surface area contributed by atoms with Gasteiger partial charge in [0, 0.05) is 24.7 Å². The fourth-order valence-electron chi connectivity index (χ4n) is 2.85. The first-order valence-corrected chi connectivity index (χ1v) is 8.24. The lowest BCUT2D eigenvalue weighted by Crippen LogP contribution is -2.34. The molecule has 1 aliphatic rings. The molecule has 1 saturated heterocycles. The second kappa shape index (κ2) is 9.25. The zero-order chi connectivity index (χ0) is 17.4. The summed E-state index contributed by atoms with van der Waals surface area (Å²) in [6.07, 6.45) is 10.3. The summed E-state index contributed by atoms with van der Waals surface area (Å²) in [7, 11) is 1.53. The van der Waals surface area contributed by atoms with Gasteiger partial charge in [-0.05, 0) is 42.5 Å². The number of hydrogen-bond donors (Lipinski definition) is 2. The number of aliphatic hydroxyl groups is 2. The Hall–Kier alpha value is -2.11. The standard InChI is InChI=1S/C19H25NO4/c1-24-18-12-15(11-16(13-21)17(18)14-22)7-3-4-8-19(23)20-9-5-2-6-10-20/h3-4,7-8,11-12,21-22H,2,5-6,9-10,13-14H2,1H3/b7-3+,8-4+. The number of carbonyl (C=O) groups is 1. The maximum atomic E-state index is 12.0. The second-order valence-electron chi connectivity index (χ2n) is 5.78. The molecule has 1 aromatic rings. The van der Waals surface area contributed by atoms with Crippen molar-refractivity contribution in [2.45, 2.75) is 32.5 Å². The number of aliphatic hydroxyl groups excluding tert-OH is 2. The van der Waals surface area contributed by atoms with Crippen LogP contribution >= 0.6 is 0 Å². The summed E-state index contributed by atoms with van der Waals surface area (Å²) in [6.45, 7) is 1.32. The van der Waals surface area contributed by atoms with E-state index in [4.69, 9.17) is 4.74 Å². The van der Waals surface area contributed by atoms with Crippen LogP contribution in [0.5, 0.6) is 5.75 Å². The van der Waals surface area contributed by atoms with Crippen LogP contribution in [-0.2, 0) is 18.0 Å². The number of benzene rings is 1. The molecule has 130 valence electrons. The number of carbonyl (C=O) groups excluding carboxylic acids is 1. The largest absolute Gasteiger partial charge is 0.496 e. The normalized spacial score (nSPS) is 15.4. The summed E-state index contributed by atoms with van der Waals surface area (Å²) in [5.74, 6) is 0.584. The minimum absolute atomic E-state index is 0.0450. The minimum Gasteiger partial charge on any atom is -0.496 e. The number of ether oxygens (including phenoxy) is 1. The number of nitrogens with zero attached hydrogens (tertiary/aromatic N) is 1. The number of allylic oxidation sites excluding steroid dienone is 2. The third-order valence-corrected chi connectivity index (χ3v) is 4.18. The van der Waals surface area contributed by atoms with Crippen molar-refractivity contribution < 1.29 is 19.7 Å². The van der Waals surface area contributed by atoms with E-state index in [-0.39, 0.29) is 19.1 Å². The van der Waals surface area contributed by atoms with Crippen molar-refractivity contribution in [3.05, 3.63) is 47.1 Å². The van der Waals surface area contributed by atoms with Gasteiger partial charge in [0.1, 0.15) is 5.75 Å². The average Bonchev–Trinajstić information content (AvgIpc) is 2.64. The SMILES string of the molecule is COc1cc(/C=C/C=C/C(=O)N2CCCCC2)cc(CO)c1CO. The van der Waals surface area contributed by atoms with Crippen LogP contribution in [0.3, 0.4) is 0 Å². The van der Waals surface area contributed by atoms with E-state index in [9.17, 15) is 15.0 Å². The van der Waals surface area contributed by atoms with Crippen LogP contribution in [0.2, 0.25) is 0 Å². The Morgan fingerprint density at radius 1 is 1.17 bits per heavy atom. The van der Waals surface area contributed by atoms with Crippen molar-refractivity contribution in [3.8, 4) is 5.75 Å². The minimum atomic E-state index is -0.187. The Morgan fingerprint density at radius 2 is 1.92 bits per heavy atom. The van der Waals surface area contributed by atoms with Gasteiger partial charge in [-0.15, -0.1) is 0 Å². The highest BCUT2D eigenvalue weighted by atomic mass is 16.5. The second-order valence-corrected chi connectivity index (χ2v) is 5.78. The monoisotopic (exact) mass is 331 g/mol. The molecule has 1 aromatic carbocycles. The van der Waals surface area contributed by atoms with E-state index in [0.29, 0.717) is 16.9 Å². The molecule has 2 N–H and O–H groups in total. The topological polar surface area (TPSA) is 70.0 Å². The first kappa shape index (κ1) is 18.2. The molecule has 5 nitrogen and oxygen atoms in total. The maximum absolute atomic E-state index is 12.0. The average molecular weight is 331 g/mol. The van der Waals surface area contributed by atoms with Gasteiger partial charge in [0.15, 0.2) is 0 Å². The number of methoxy groups -OCH3 is 1. The van der Waals surface area contributed by atoms with Crippen molar-refractivity contribution in [2.75, 3.05) is 20.2 Å². The van der Waals surface area contributed by atoms with E-state index < -0.39 is 0 Å². The molecule has 0 saturated carbocycles. The van der Waals surface area contributed by atoms with Gasteiger partial charge in [-0.2, -0.15) is 0 Å². The molecule has 0 aliphatic carbocycles. The highest BCUT2D eigenvalue weighted by Crippen LogP contribution is 2.25. The molecule has 0 atom stereocenters. The van der Waals surface area contributed by atoms with E-state index >= 15 is 0 Å². The Morgan fingerprint density at radius 3 is 2.54 bits per heavy atom. The molecule has 0 bridgehead atoms. The van der Waals surface area contributed by atoms with Gasteiger partial charge < -0.3 is 19.8 Å². The molecule has 1 amide bonds. The molecule has 0 radical (unpaired) electrons. The summed E-state index contributed by atoms with van der Waals surface area (Å²) >= 11 is 0.